The number of nitrogens with one attached hydrogen (secondary N) is 1. The van der Waals surface area contributed by atoms with E-state index in [0.29, 0.717) is 18.3 Å². The number of hydrogen-bond donors (Lipinski definition) is 1. The molecule has 1 atom stereocenters. The molecule has 1 unspecified atom stereocenters. The number of benzene rings is 1. The van der Waals surface area contributed by atoms with Crippen molar-refractivity contribution < 1.29 is 9.53 Å². The second-order valence-electron chi connectivity index (χ2n) is 4.16. The summed E-state index contributed by atoms with van der Waals surface area (Å²) < 4.78 is 5.66. The smallest absolute Gasteiger partial charge is 0.225 e. The number of amides is 1. The summed E-state index contributed by atoms with van der Waals surface area (Å²) in [7, 11) is 0. The maximum atomic E-state index is 11.7. The summed E-state index contributed by atoms with van der Waals surface area (Å²) >= 11 is 1.72. The Labute approximate surface area is 106 Å². The van der Waals surface area contributed by atoms with Gasteiger partial charge in [-0.3, -0.25) is 4.79 Å². The summed E-state index contributed by atoms with van der Waals surface area (Å²) in [6.45, 7) is 4.81. The first-order chi connectivity index (χ1) is 8.20. The van der Waals surface area contributed by atoms with Crippen LogP contribution in [0.2, 0.25) is 0 Å². The molecule has 0 saturated heterocycles. The van der Waals surface area contributed by atoms with Crippen molar-refractivity contribution in [1.82, 2.24) is 0 Å². The van der Waals surface area contributed by atoms with E-state index in [-0.39, 0.29) is 5.91 Å². The van der Waals surface area contributed by atoms with E-state index in [1.807, 2.05) is 18.2 Å². The largest absolute Gasteiger partial charge is 0.491 e. The predicted octanol–water partition coefficient (Wildman–Crippen LogP) is 3.30. The molecule has 2 rings (SSSR count). The number of fused-ring (bicyclic) bond motifs is 1. The Balaban J connectivity index is 2.31. The molecular formula is C13H17NO2S. The van der Waals surface area contributed by atoms with Gasteiger partial charge in [0.1, 0.15) is 5.75 Å². The molecule has 1 amide bonds. The average Bonchev–Trinajstić information content (AvgIpc) is 2.43. The number of carbonyl (C=O) groups excluding carboxylic acids is 1. The van der Waals surface area contributed by atoms with Gasteiger partial charge in [-0.05, 0) is 18.6 Å². The first-order valence-corrected chi connectivity index (χ1v) is 6.81. The van der Waals surface area contributed by atoms with Gasteiger partial charge in [0.05, 0.1) is 12.3 Å². The van der Waals surface area contributed by atoms with Crippen LogP contribution in [-0.4, -0.2) is 17.8 Å². The lowest BCUT2D eigenvalue weighted by molar-refractivity contribution is -0.116. The molecule has 1 aliphatic rings. The zero-order chi connectivity index (χ0) is 12.3. The first-order valence-electron chi connectivity index (χ1n) is 5.93. The molecule has 0 radical (unpaired) electrons. The van der Waals surface area contributed by atoms with Gasteiger partial charge in [-0.2, -0.15) is 0 Å². The van der Waals surface area contributed by atoms with Crippen molar-refractivity contribution >= 4 is 23.4 Å². The van der Waals surface area contributed by atoms with E-state index in [2.05, 4.69) is 19.2 Å². The molecule has 0 spiro atoms. The molecule has 0 saturated carbocycles. The van der Waals surface area contributed by atoms with Crippen LogP contribution in [0.25, 0.3) is 0 Å². The number of hydrogen-bond acceptors (Lipinski definition) is 3. The molecule has 0 bridgehead atoms. The third-order valence-corrected chi connectivity index (χ3v) is 3.68. The number of anilines is 1. The van der Waals surface area contributed by atoms with Gasteiger partial charge in [-0.15, -0.1) is 11.8 Å². The van der Waals surface area contributed by atoms with Gasteiger partial charge in [-0.1, -0.05) is 19.9 Å². The van der Waals surface area contributed by atoms with Crippen LogP contribution >= 0.6 is 11.8 Å². The number of rotatable bonds is 3. The predicted molar refractivity (Wildman–Crippen MR) is 70.8 cm³/mol. The minimum absolute atomic E-state index is 0.0660. The maximum Gasteiger partial charge on any atom is 0.225 e. The minimum Gasteiger partial charge on any atom is -0.491 e. The minimum atomic E-state index is 0.0660. The standard InChI is InChI=1S/C13H17NO2S/c1-3-7-16-10-5-4-6-11-13(10)14-12(15)8-9(2)17-11/h4-6,9H,3,7-8H2,1-2H3,(H,14,15). The molecule has 1 aliphatic heterocycles. The van der Waals surface area contributed by atoms with E-state index in [1.165, 1.54) is 0 Å². The molecule has 0 aliphatic carbocycles. The van der Waals surface area contributed by atoms with Crippen molar-refractivity contribution in [1.29, 1.82) is 0 Å². The van der Waals surface area contributed by atoms with Gasteiger partial charge in [0.25, 0.3) is 0 Å². The quantitative estimate of drug-likeness (QED) is 0.895. The number of carbonyl (C=O) groups is 1. The Bertz CT molecular complexity index is 420. The van der Waals surface area contributed by atoms with Crippen LogP contribution in [0.15, 0.2) is 23.1 Å². The lowest BCUT2D eigenvalue weighted by atomic mass is 10.2. The summed E-state index contributed by atoms with van der Waals surface area (Å²) in [5, 5.41) is 3.25. The van der Waals surface area contributed by atoms with Gasteiger partial charge in [0.2, 0.25) is 5.91 Å². The molecule has 1 heterocycles. The Morgan fingerprint density at radius 2 is 2.35 bits per heavy atom. The second-order valence-corrected chi connectivity index (χ2v) is 5.64. The fourth-order valence-electron chi connectivity index (χ4n) is 1.77. The van der Waals surface area contributed by atoms with E-state index in [1.54, 1.807) is 11.8 Å². The molecule has 92 valence electrons. The summed E-state index contributed by atoms with van der Waals surface area (Å²) in [6, 6.07) is 5.91. The van der Waals surface area contributed by atoms with E-state index in [0.717, 1.165) is 22.8 Å². The SMILES string of the molecule is CCCOc1cccc2c1NC(=O)CC(C)S2. The molecule has 0 aromatic heterocycles. The van der Waals surface area contributed by atoms with Crippen LogP contribution in [0.5, 0.6) is 5.75 Å². The Morgan fingerprint density at radius 1 is 1.53 bits per heavy atom. The summed E-state index contributed by atoms with van der Waals surface area (Å²) in [4.78, 5) is 12.8. The topological polar surface area (TPSA) is 38.3 Å². The molecular weight excluding hydrogens is 234 g/mol. The maximum absolute atomic E-state index is 11.7. The van der Waals surface area contributed by atoms with Gasteiger partial charge in [-0.25, -0.2) is 0 Å². The van der Waals surface area contributed by atoms with Crippen LogP contribution in [0.3, 0.4) is 0 Å². The zero-order valence-electron chi connectivity index (χ0n) is 10.2. The molecule has 1 aromatic carbocycles. The van der Waals surface area contributed by atoms with E-state index in [9.17, 15) is 4.79 Å². The van der Waals surface area contributed by atoms with Crippen molar-refractivity contribution in [2.75, 3.05) is 11.9 Å². The lowest BCUT2D eigenvalue weighted by Crippen LogP contribution is -2.14. The van der Waals surface area contributed by atoms with E-state index < -0.39 is 0 Å². The van der Waals surface area contributed by atoms with E-state index in [4.69, 9.17) is 4.74 Å². The summed E-state index contributed by atoms with van der Waals surface area (Å²) in [5.74, 6) is 0.843. The first kappa shape index (κ1) is 12.3. The highest BCUT2D eigenvalue weighted by Gasteiger charge is 2.21. The molecule has 4 heteroatoms. The third-order valence-electron chi connectivity index (χ3n) is 2.52. The highest BCUT2D eigenvalue weighted by Crippen LogP contribution is 2.40. The molecule has 17 heavy (non-hydrogen) atoms. The fraction of sp³-hybridized carbons (Fsp3) is 0.462. The normalized spacial score (nSPS) is 19.2. The highest BCUT2D eigenvalue weighted by atomic mass is 32.2. The van der Waals surface area contributed by atoms with Gasteiger partial charge in [0, 0.05) is 16.6 Å². The Morgan fingerprint density at radius 3 is 3.12 bits per heavy atom. The van der Waals surface area contributed by atoms with Crippen molar-refractivity contribution in [2.24, 2.45) is 0 Å². The molecule has 1 aromatic rings. The van der Waals surface area contributed by atoms with Gasteiger partial charge >= 0.3 is 0 Å². The van der Waals surface area contributed by atoms with Crippen LogP contribution in [-0.2, 0) is 4.79 Å². The second kappa shape index (κ2) is 5.45. The molecule has 3 nitrogen and oxygen atoms in total. The monoisotopic (exact) mass is 251 g/mol. The summed E-state index contributed by atoms with van der Waals surface area (Å²) in [6.07, 6.45) is 1.51. The van der Waals surface area contributed by atoms with Crippen LogP contribution in [0, 0.1) is 0 Å². The van der Waals surface area contributed by atoms with Crippen molar-refractivity contribution in [3.63, 3.8) is 0 Å². The number of ether oxygens (including phenoxy) is 1. The van der Waals surface area contributed by atoms with Gasteiger partial charge < -0.3 is 10.1 Å². The van der Waals surface area contributed by atoms with E-state index >= 15 is 0 Å². The average molecular weight is 251 g/mol. The lowest BCUT2D eigenvalue weighted by Gasteiger charge is -2.13. The van der Waals surface area contributed by atoms with Crippen LogP contribution in [0.4, 0.5) is 5.69 Å². The number of para-hydroxylation sites is 1. The van der Waals surface area contributed by atoms with Crippen molar-refractivity contribution in [3.05, 3.63) is 18.2 Å². The van der Waals surface area contributed by atoms with Gasteiger partial charge in [0.15, 0.2) is 0 Å². The fourth-order valence-corrected chi connectivity index (χ4v) is 2.87. The third kappa shape index (κ3) is 2.94. The molecule has 0 fully saturated rings. The van der Waals surface area contributed by atoms with Crippen LogP contribution < -0.4 is 10.1 Å². The zero-order valence-corrected chi connectivity index (χ0v) is 11.0. The van der Waals surface area contributed by atoms with Crippen LogP contribution in [0.1, 0.15) is 26.7 Å². The highest BCUT2D eigenvalue weighted by molar-refractivity contribution is 8.00. The Hall–Kier alpha value is -1.16. The summed E-state index contributed by atoms with van der Waals surface area (Å²) in [5.41, 5.74) is 0.834. The number of thioether (sulfide) groups is 1. The van der Waals surface area contributed by atoms with Crippen molar-refractivity contribution in [2.45, 2.75) is 36.8 Å². The molecule has 1 N–H and O–H groups in total. The Kier molecular flexibility index (Phi) is 3.94. The van der Waals surface area contributed by atoms with Crippen molar-refractivity contribution in [3.8, 4) is 5.75 Å².